The molecule has 5 nitrogen and oxygen atoms in total. The average molecular weight is 319 g/mol. The summed E-state index contributed by atoms with van der Waals surface area (Å²) in [6, 6.07) is 13.4. The first-order chi connectivity index (χ1) is 10.6. The molecule has 0 saturated carbocycles. The molecule has 0 radical (unpaired) electrons. The van der Waals surface area contributed by atoms with Gasteiger partial charge >= 0.3 is 0 Å². The molecule has 0 aliphatic heterocycles. The zero-order valence-electron chi connectivity index (χ0n) is 11.9. The van der Waals surface area contributed by atoms with Crippen LogP contribution in [0.5, 0.6) is 11.5 Å². The minimum atomic E-state index is -0.720. The number of carbonyl (C=O) groups is 1. The topological polar surface area (TPSA) is 70.9 Å². The van der Waals surface area contributed by atoms with Gasteiger partial charge in [-0.2, -0.15) is 5.10 Å². The highest BCUT2D eigenvalue weighted by Crippen LogP contribution is 2.16. The second-order valence-electron chi connectivity index (χ2n) is 4.51. The van der Waals surface area contributed by atoms with Crippen LogP contribution in [0.1, 0.15) is 12.5 Å². The number of nitrogens with zero attached hydrogens (tertiary/aromatic N) is 1. The van der Waals surface area contributed by atoms with E-state index in [-0.39, 0.29) is 5.75 Å². The zero-order valence-corrected chi connectivity index (χ0v) is 12.6. The van der Waals surface area contributed by atoms with E-state index in [0.717, 1.165) is 0 Å². The number of hydrazone groups is 1. The maximum Gasteiger partial charge on any atom is 0.280 e. The molecular formula is C16H15ClN2O3. The molecule has 22 heavy (non-hydrogen) atoms. The first kappa shape index (κ1) is 15.9. The van der Waals surface area contributed by atoms with E-state index in [9.17, 15) is 9.90 Å². The molecular weight excluding hydrogens is 304 g/mol. The molecule has 0 bridgehead atoms. The van der Waals surface area contributed by atoms with Gasteiger partial charge in [0.25, 0.3) is 5.91 Å². The SMILES string of the molecule is CC(Oc1ccc(Cl)cc1)C(=O)NN=Cc1ccccc1O. The molecule has 0 heterocycles. The second-order valence-corrected chi connectivity index (χ2v) is 4.94. The molecule has 0 aliphatic carbocycles. The van der Waals surface area contributed by atoms with E-state index >= 15 is 0 Å². The lowest BCUT2D eigenvalue weighted by Gasteiger charge is -2.12. The van der Waals surface area contributed by atoms with Gasteiger partial charge in [0.1, 0.15) is 11.5 Å². The van der Waals surface area contributed by atoms with Gasteiger partial charge in [-0.1, -0.05) is 23.7 Å². The summed E-state index contributed by atoms with van der Waals surface area (Å²) < 4.78 is 5.46. The smallest absolute Gasteiger partial charge is 0.280 e. The van der Waals surface area contributed by atoms with Crippen molar-refractivity contribution in [2.75, 3.05) is 0 Å². The van der Waals surface area contributed by atoms with Crippen molar-refractivity contribution in [3.63, 3.8) is 0 Å². The third-order valence-electron chi connectivity index (χ3n) is 2.81. The standard InChI is InChI=1S/C16H15ClN2O3/c1-11(22-14-8-6-13(17)7-9-14)16(21)19-18-10-12-4-2-3-5-15(12)20/h2-11,20H,1H3,(H,19,21). The van der Waals surface area contributed by atoms with Gasteiger partial charge in [-0.25, -0.2) is 5.43 Å². The highest BCUT2D eigenvalue weighted by atomic mass is 35.5. The van der Waals surface area contributed by atoms with Gasteiger partial charge in [0.15, 0.2) is 6.10 Å². The molecule has 2 aromatic rings. The lowest BCUT2D eigenvalue weighted by atomic mass is 10.2. The maximum atomic E-state index is 11.9. The summed E-state index contributed by atoms with van der Waals surface area (Å²) in [4.78, 5) is 11.9. The van der Waals surface area contributed by atoms with Gasteiger partial charge in [-0.15, -0.1) is 0 Å². The Morgan fingerprint density at radius 1 is 1.27 bits per heavy atom. The average Bonchev–Trinajstić information content (AvgIpc) is 2.51. The Labute approximate surface area is 133 Å². The molecule has 2 rings (SSSR count). The summed E-state index contributed by atoms with van der Waals surface area (Å²) in [6.07, 6.45) is 0.644. The van der Waals surface area contributed by atoms with Crippen LogP contribution in [0.4, 0.5) is 0 Å². The van der Waals surface area contributed by atoms with Crippen LogP contribution in [0.25, 0.3) is 0 Å². The number of benzene rings is 2. The van der Waals surface area contributed by atoms with Gasteiger partial charge < -0.3 is 9.84 Å². The minimum absolute atomic E-state index is 0.0889. The molecule has 1 atom stereocenters. The largest absolute Gasteiger partial charge is 0.507 e. The molecule has 2 N–H and O–H groups in total. The van der Waals surface area contributed by atoms with Crippen LogP contribution < -0.4 is 10.2 Å². The fraction of sp³-hybridized carbons (Fsp3) is 0.125. The van der Waals surface area contributed by atoms with Crippen molar-refractivity contribution in [2.45, 2.75) is 13.0 Å². The van der Waals surface area contributed by atoms with Crippen LogP contribution >= 0.6 is 11.6 Å². The van der Waals surface area contributed by atoms with Crippen molar-refractivity contribution in [3.8, 4) is 11.5 Å². The molecule has 0 fully saturated rings. The van der Waals surface area contributed by atoms with Crippen molar-refractivity contribution in [1.29, 1.82) is 0 Å². The van der Waals surface area contributed by atoms with Crippen LogP contribution in [-0.2, 0) is 4.79 Å². The molecule has 114 valence electrons. The Morgan fingerprint density at radius 2 is 1.95 bits per heavy atom. The number of halogens is 1. The summed E-state index contributed by atoms with van der Waals surface area (Å²) in [6.45, 7) is 1.61. The van der Waals surface area contributed by atoms with Crippen LogP contribution in [-0.4, -0.2) is 23.3 Å². The molecule has 2 aromatic carbocycles. The van der Waals surface area contributed by atoms with Crippen LogP contribution in [0.15, 0.2) is 53.6 Å². The normalized spacial score (nSPS) is 12.1. The third-order valence-corrected chi connectivity index (χ3v) is 3.06. The van der Waals surface area contributed by atoms with Gasteiger partial charge in [0, 0.05) is 10.6 Å². The number of nitrogens with one attached hydrogen (secondary N) is 1. The van der Waals surface area contributed by atoms with E-state index in [1.807, 2.05) is 0 Å². The number of phenols is 1. The van der Waals surface area contributed by atoms with E-state index in [0.29, 0.717) is 16.3 Å². The van der Waals surface area contributed by atoms with Gasteiger partial charge in [0.2, 0.25) is 0 Å². The number of hydrogen-bond acceptors (Lipinski definition) is 4. The second kappa shape index (κ2) is 7.47. The Balaban J connectivity index is 1.89. The monoisotopic (exact) mass is 318 g/mol. The van der Waals surface area contributed by atoms with E-state index in [4.69, 9.17) is 16.3 Å². The number of aromatic hydroxyl groups is 1. The molecule has 0 aliphatic rings. The molecule has 1 unspecified atom stereocenters. The summed E-state index contributed by atoms with van der Waals surface area (Å²) in [7, 11) is 0. The minimum Gasteiger partial charge on any atom is -0.507 e. The van der Waals surface area contributed by atoms with Crippen molar-refractivity contribution in [2.24, 2.45) is 5.10 Å². The van der Waals surface area contributed by atoms with Crippen LogP contribution in [0, 0.1) is 0 Å². The van der Waals surface area contributed by atoms with Gasteiger partial charge in [-0.05, 0) is 43.3 Å². The quantitative estimate of drug-likeness (QED) is 0.657. The van der Waals surface area contributed by atoms with E-state index < -0.39 is 12.0 Å². The summed E-state index contributed by atoms with van der Waals surface area (Å²) in [5, 5.41) is 14.0. The van der Waals surface area contributed by atoms with Crippen molar-refractivity contribution >= 4 is 23.7 Å². The highest BCUT2D eigenvalue weighted by Gasteiger charge is 2.13. The number of carbonyl (C=O) groups excluding carboxylic acids is 1. The summed E-state index contributed by atoms with van der Waals surface area (Å²) >= 11 is 5.78. The number of hydrogen-bond donors (Lipinski definition) is 2. The number of rotatable bonds is 5. The van der Waals surface area contributed by atoms with E-state index in [1.165, 1.54) is 12.3 Å². The number of ether oxygens (including phenoxy) is 1. The van der Waals surface area contributed by atoms with Gasteiger partial charge in [-0.3, -0.25) is 4.79 Å². The number of amides is 1. The number of phenolic OH excluding ortho intramolecular Hbond substituents is 1. The first-order valence-corrected chi connectivity index (χ1v) is 6.97. The Kier molecular flexibility index (Phi) is 5.38. The Hall–Kier alpha value is -2.53. The molecule has 0 spiro atoms. The predicted molar refractivity (Wildman–Crippen MR) is 85.4 cm³/mol. The van der Waals surface area contributed by atoms with Crippen molar-refractivity contribution in [3.05, 3.63) is 59.1 Å². The molecule has 0 aromatic heterocycles. The fourth-order valence-electron chi connectivity index (χ4n) is 1.62. The molecule has 0 saturated heterocycles. The lowest BCUT2D eigenvalue weighted by Crippen LogP contribution is -2.33. The molecule has 6 heteroatoms. The Morgan fingerprint density at radius 3 is 2.64 bits per heavy atom. The van der Waals surface area contributed by atoms with Crippen molar-refractivity contribution < 1.29 is 14.6 Å². The predicted octanol–water partition coefficient (Wildman–Crippen LogP) is 2.96. The van der Waals surface area contributed by atoms with Crippen molar-refractivity contribution in [1.82, 2.24) is 5.43 Å². The van der Waals surface area contributed by atoms with E-state index in [2.05, 4.69) is 10.5 Å². The van der Waals surface area contributed by atoms with Crippen LogP contribution in [0.2, 0.25) is 5.02 Å². The maximum absolute atomic E-state index is 11.9. The fourth-order valence-corrected chi connectivity index (χ4v) is 1.75. The summed E-state index contributed by atoms with van der Waals surface area (Å²) in [5.74, 6) is 0.226. The van der Waals surface area contributed by atoms with Crippen LogP contribution in [0.3, 0.4) is 0 Å². The Bertz CT molecular complexity index is 671. The molecule has 1 amide bonds. The number of para-hydroxylation sites is 1. The third kappa shape index (κ3) is 4.49. The summed E-state index contributed by atoms with van der Waals surface area (Å²) in [5.41, 5.74) is 2.87. The van der Waals surface area contributed by atoms with Gasteiger partial charge in [0.05, 0.1) is 6.21 Å². The lowest BCUT2D eigenvalue weighted by molar-refractivity contribution is -0.127. The first-order valence-electron chi connectivity index (χ1n) is 6.59. The van der Waals surface area contributed by atoms with E-state index in [1.54, 1.807) is 49.4 Å². The highest BCUT2D eigenvalue weighted by molar-refractivity contribution is 6.30. The zero-order chi connectivity index (χ0) is 15.9.